The average molecular weight is 498 g/mol. The second-order valence-electron chi connectivity index (χ2n) is 5.83. The van der Waals surface area contributed by atoms with Crippen LogP contribution in [0.1, 0.15) is 35.7 Å². The van der Waals surface area contributed by atoms with Crippen molar-refractivity contribution in [2.75, 3.05) is 13.7 Å². The number of carbonyl (C=O) groups excluding carboxylic acids is 1. The minimum absolute atomic E-state index is 0.233. The van der Waals surface area contributed by atoms with Crippen molar-refractivity contribution in [1.29, 1.82) is 0 Å². The molecule has 0 atom stereocenters. The lowest BCUT2D eigenvalue weighted by molar-refractivity contribution is 0.0976. The molecule has 0 aliphatic carbocycles. The van der Waals surface area contributed by atoms with Gasteiger partial charge in [-0.1, -0.05) is 25.5 Å². The second-order valence-corrected chi connectivity index (χ2v) is 7.49. The molecule has 2 aromatic carbocycles. The molecule has 0 saturated heterocycles. The number of methoxy groups -OCH3 is 1. The number of thiocarbonyl (C=S) groups is 1. The number of unbranched alkanes of at least 4 members (excludes halogenated alkanes) is 1. The highest BCUT2D eigenvalue weighted by atomic mass is 127. The van der Waals surface area contributed by atoms with Crippen LogP contribution in [0.25, 0.3) is 0 Å². The van der Waals surface area contributed by atoms with E-state index < -0.39 is 0 Å². The van der Waals surface area contributed by atoms with Crippen LogP contribution in [-0.4, -0.2) is 24.7 Å². The minimum atomic E-state index is -0.233. The quantitative estimate of drug-likeness (QED) is 0.323. The molecule has 2 rings (SSSR count). The van der Waals surface area contributed by atoms with Crippen molar-refractivity contribution < 1.29 is 14.3 Å². The molecule has 0 radical (unpaired) electrons. The van der Waals surface area contributed by atoms with Gasteiger partial charge in [0.15, 0.2) is 16.6 Å². The molecule has 1 amide bonds. The van der Waals surface area contributed by atoms with Gasteiger partial charge in [-0.2, -0.15) is 0 Å². The van der Waals surface area contributed by atoms with Gasteiger partial charge in [-0.15, -0.1) is 0 Å². The van der Waals surface area contributed by atoms with Crippen LogP contribution in [0.4, 0.5) is 0 Å². The minimum Gasteiger partial charge on any atom is -0.493 e. The third-order valence-electron chi connectivity index (χ3n) is 3.75. The highest BCUT2D eigenvalue weighted by Gasteiger charge is 2.09. The van der Waals surface area contributed by atoms with Crippen molar-refractivity contribution in [3.05, 3.63) is 57.2 Å². The summed E-state index contributed by atoms with van der Waals surface area (Å²) in [6.45, 7) is 3.26. The average Bonchev–Trinajstić information content (AvgIpc) is 2.67. The topological polar surface area (TPSA) is 59.6 Å². The van der Waals surface area contributed by atoms with Gasteiger partial charge in [-0.3, -0.25) is 10.1 Å². The Labute approximate surface area is 179 Å². The summed E-state index contributed by atoms with van der Waals surface area (Å²) in [4.78, 5) is 12.2. The Morgan fingerprint density at radius 1 is 1.19 bits per heavy atom. The van der Waals surface area contributed by atoms with Gasteiger partial charge in [0.2, 0.25) is 0 Å². The van der Waals surface area contributed by atoms with Crippen LogP contribution in [0.15, 0.2) is 42.5 Å². The van der Waals surface area contributed by atoms with E-state index >= 15 is 0 Å². The van der Waals surface area contributed by atoms with Crippen LogP contribution in [0, 0.1) is 3.57 Å². The van der Waals surface area contributed by atoms with Gasteiger partial charge in [0.25, 0.3) is 5.91 Å². The Morgan fingerprint density at radius 2 is 2.00 bits per heavy atom. The largest absolute Gasteiger partial charge is 0.493 e. The molecule has 0 aliphatic rings. The molecule has 5 nitrogen and oxygen atoms in total. The molecule has 2 N–H and O–H groups in total. The van der Waals surface area contributed by atoms with Crippen LogP contribution in [0.5, 0.6) is 11.5 Å². The molecule has 0 heterocycles. The maximum atomic E-state index is 12.2. The molecule has 0 bridgehead atoms. The summed E-state index contributed by atoms with van der Waals surface area (Å²) >= 11 is 7.38. The first kappa shape index (κ1) is 21.4. The summed E-state index contributed by atoms with van der Waals surface area (Å²) in [6, 6.07) is 13.1. The van der Waals surface area contributed by atoms with Crippen LogP contribution in [0.3, 0.4) is 0 Å². The van der Waals surface area contributed by atoms with Gasteiger partial charge in [-0.05, 0) is 77.1 Å². The highest BCUT2D eigenvalue weighted by molar-refractivity contribution is 14.1. The summed E-state index contributed by atoms with van der Waals surface area (Å²) in [5.74, 6) is 1.17. The Balaban J connectivity index is 1.89. The van der Waals surface area contributed by atoms with E-state index in [1.165, 1.54) is 0 Å². The predicted octanol–water partition coefficient (Wildman–Crippen LogP) is 4.28. The number of hydrogen-bond donors (Lipinski definition) is 2. The van der Waals surface area contributed by atoms with Crippen molar-refractivity contribution in [3.8, 4) is 11.5 Å². The van der Waals surface area contributed by atoms with Gasteiger partial charge >= 0.3 is 0 Å². The van der Waals surface area contributed by atoms with Crippen molar-refractivity contribution >= 4 is 45.8 Å². The number of nitrogens with one attached hydrogen (secondary N) is 2. The summed E-state index contributed by atoms with van der Waals surface area (Å²) in [5.41, 5.74) is 1.54. The molecule has 7 heteroatoms. The van der Waals surface area contributed by atoms with E-state index in [0.29, 0.717) is 24.5 Å². The lowest BCUT2D eigenvalue weighted by atomic mass is 10.2. The number of ether oxygens (including phenoxy) is 2. The molecule has 27 heavy (non-hydrogen) atoms. The van der Waals surface area contributed by atoms with Crippen molar-refractivity contribution in [2.24, 2.45) is 0 Å². The molecule has 0 aliphatic heterocycles. The maximum absolute atomic E-state index is 12.2. The van der Waals surface area contributed by atoms with Crippen molar-refractivity contribution in [3.63, 3.8) is 0 Å². The molecule has 0 spiro atoms. The third kappa shape index (κ3) is 6.99. The van der Waals surface area contributed by atoms with Gasteiger partial charge in [0, 0.05) is 15.7 Å². The first-order valence-corrected chi connectivity index (χ1v) is 10.2. The van der Waals surface area contributed by atoms with Crippen LogP contribution >= 0.6 is 34.8 Å². The normalized spacial score (nSPS) is 10.2. The summed E-state index contributed by atoms with van der Waals surface area (Å²) in [5, 5.41) is 6.01. The molecule has 0 fully saturated rings. The molecule has 0 unspecified atom stereocenters. The zero-order valence-corrected chi connectivity index (χ0v) is 18.4. The Hall–Kier alpha value is -1.87. The predicted molar refractivity (Wildman–Crippen MR) is 119 cm³/mol. The monoisotopic (exact) mass is 498 g/mol. The summed E-state index contributed by atoms with van der Waals surface area (Å²) < 4.78 is 12.1. The van der Waals surface area contributed by atoms with Gasteiger partial charge in [0.1, 0.15) is 0 Å². The van der Waals surface area contributed by atoms with E-state index in [2.05, 4.69) is 40.1 Å². The summed E-state index contributed by atoms with van der Waals surface area (Å²) in [7, 11) is 1.62. The molecular formula is C20H23IN2O3S. The highest BCUT2D eigenvalue weighted by Crippen LogP contribution is 2.28. The zero-order chi connectivity index (χ0) is 19.6. The van der Waals surface area contributed by atoms with Gasteiger partial charge in [-0.25, -0.2) is 0 Å². The number of halogens is 1. The lowest BCUT2D eigenvalue weighted by Gasteiger charge is -2.13. The van der Waals surface area contributed by atoms with E-state index in [-0.39, 0.29) is 11.0 Å². The first-order chi connectivity index (χ1) is 13.0. The zero-order valence-electron chi connectivity index (χ0n) is 15.4. The fraction of sp³-hybridized carbons (Fsp3) is 0.300. The molecule has 0 saturated carbocycles. The molecule has 0 aromatic heterocycles. The number of hydrogen-bond acceptors (Lipinski definition) is 4. The van der Waals surface area contributed by atoms with E-state index in [0.717, 1.165) is 27.7 Å². The number of carbonyl (C=O) groups is 1. The van der Waals surface area contributed by atoms with Gasteiger partial charge < -0.3 is 14.8 Å². The SMILES string of the molecule is CCCCOc1ccc(CNC(=S)NC(=O)c2cccc(I)c2)cc1OC. The molecule has 144 valence electrons. The number of rotatable bonds is 8. The standard InChI is InChI=1S/C20H23IN2O3S/c1-3-4-10-26-17-9-8-14(11-18(17)25-2)13-22-20(27)23-19(24)15-6-5-7-16(21)12-15/h5-9,11-12H,3-4,10,13H2,1-2H3,(H2,22,23,24,27). The van der Waals surface area contributed by atoms with Crippen LogP contribution in [0.2, 0.25) is 0 Å². The first-order valence-electron chi connectivity index (χ1n) is 8.68. The Kier molecular flexibility index (Phi) is 8.80. The fourth-order valence-corrected chi connectivity index (χ4v) is 3.01. The molecular weight excluding hydrogens is 475 g/mol. The lowest BCUT2D eigenvalue weighted by Crippen LogP contribution is -2.38. The van der Waals surface area contributed by atoms with Gasteiger partial charge in [0.05, 0.1) is 13.7 Å². The van der Waals surface area contributed by atoms with E-state index in [9.17, 15) is 4.79 Å². The maximum Gasteiger partial charge on any atom is 0.257 e. The van der Waals surface area contributed by atoms with E-state index in [1.807, 2.05) is 30.3 Å². The number of benzene rings is 2. The Morgan fingerprint density at radius 3 is 2.70 bits per heavy atom. The van der Waals surface area contributed by atoms with E-state index in [4.69, 9.17) is 21.7 Å². The van der Waals surface area contributed by atoms with Crippen molar-refractivity contribution in [1.82, 2.24) is 10.6 Å². The summed E-state index contributed by atoms with van der Waals surface area (Å²) in [6.07, 6.45) is 2.08. The molecule has 2 aromatic rings. The fourth-order valence-electron chi connectivity index (χ4n) is 2.30. The van der Waals surface area contributed by atoms with E-state index in [1.54, 1.807) is 19.2 Å². The third-order valence-corrected chi connectivity index (χ3v) is 4.67. The van der Waals surface area contributed by atoms with Crippen LogP contribution < -0.4 is 20.1 Å². The Bertz CT molecular complexity index is 799. The van der Waals surface area contributed by atoms with Crippen molar-refractivity contribution in [2.45, 2.75) is 26.3 Å². The smallest absolute Gasteiger partial charge is 0.257 e. The van der Waals surface area contributed by atoms with Crippen LogP contribution in [-0.2, 0) is 6.54 Å². The second kappa shape index (κ2) is 11.1. The number of amides is 1.